The Hall–Kier alpha value is -1.68. The van der Waals surface area contributed by atoms with Crippen molar-refractivity contribution in [1.82, 2.24) is 9.97 Å². The second-order valence-electron chi connectivity index (χ2n) is 6.70. The number of hydrogen-bond acceptors (Lipinski definition) is 7. The molecule has 0 aliphatic heterocycles. The van der Waals surface area contributed by atoms with Crippen LogP contribution >= 0.6 is 24.0 Å². The lowest BCUT2D eigenvalue weighted by atomic mass is 9.92. The number of nitrogens with two attached hydrogens (primary N) is 1. The summed E-state index contributed by atoms with van der Waals surface area (Å²) in [5.74, 6) is 0.129. The lowest BCUT2D eigenvalue weighted by Gasteiger charge is -2.27. The molecule has 3 rings (SSSR count). The lowest BCUT2D eigenvalue weighted by Crippen LogP contribution is -2.33. The highest BCUT2D eigenvalue weighted by Crippen LogP contribution is 2.25. The zero-order chi connectivity index (χ0) is 19.6. The molecule has 1 fully saturated rings. The highest BCUT2D eigenvalue weighted by molar-refractivity contribution is 7.90. The van der Waals surface area contributed by atoms with Gasteiger partial charge in [-0.25, -0.2) is 22.8 Å². The summed E-state index contributed by atoms with van der Waals surface area (Å²) < 4.78 is 37.2. The van der Waals surface area contributed by atoms with Crippen molar-refractivity contribution in [3.05, 3.63) is 35.1 Å². The Morgan fingerprint density at radius 1 is 1.14 bits per heavy atom. The van der Waals surface area contributed by atoms with Crippen LogP contribution in [0.2, 0.25) is 5.02 Å². The molecular weight excluding hydrogens is 428 g/mol. The first-order chi connectivity index (χ1) is 12.7. The van der Waals surface area contributed by atoms with Crippen LogP contribution in [-0.4, -0.2) is 36.7 Å². The molecule has 0 spiro atoms. The maximum Gasteiger partial charge on any atom is 0.250 e. The van der Waals surface area contributed by atoms with E-state index in [1.54, 1.807) is 6.07 Å². The summed E-state index contributed by atoms with van der Waals surface area (Å²) in [4.78, 5) is 8.17. The third-order valence-electron chi connectivity index (χ3n) is 4.35. The highest BCUT2D eigenvalue weighted by atomic mass is 35.5. The summed E-state index contributed by atoms with van der Waals surface area (Å²) in [6.45, 7) is 0. The van der Waals surface area contributed by atoms with E-state index in [0.29, 0.717) is 11.5 Å². The standard InChI is InChI=1S/C17H21ClFN5O2S.ClH/c1-27(25,26)17-23-15(21-11-4-2-10(20)3-5-11)9-16(24-17)22-12-6-7-14(19)13(18)8-12;/h6-11H,2-5,20H2,1H3,(H2,21,22,23,24);1H. The highest BCUT2D eigenvalue weighted by Gasteiger charge is 2.20. The van der Waals surface area contributed by atoms with Crippen LogP contribution < -0.4 is 16.4 Å². The molecule has 1 aliphatic carbocycles. The molecule has 0 bridgehead atoms. The molecular formula is C17H22Cl2FN5O2S. The number of nitrogens with one attached hydrogen (secondary N) is 2. The summed E-state index contributed by atoms with van der Waals surface area (Å²) in [6, 6.07) is 6.09. The number of benzene rings is 1. The molecule has 1 aliphatic rings. The number of nitrogens with zero attached hydrogens (tertiary/aromatic N) is 2. The minimum atomic E-state index is -3.61. The van der Waals surface area contributed by atoms with Gasteiger partial charge in [-0.3, -0.25) is 0 Å². The average molecular weight is 450 g/mol. The number of halogens is 3. The Labute approximate surface area is 174 Å². The smallest absolute Gasteiger partial charge is 0.250 e. The quantitative estimate of drug-likeness (QED) is 0.598. The van der Waals surface area contributed by atoms with Crippen molar-refractivity contribution >= 4 is 51.2 Å². The van der Waals surface area contributed by atoms with Crippen molar-refractivity contribution in [2.24, 2.45) is 5.73 Å². The fraction of sp³-hybridized carbons (Fsp3) is 0.412. The Kier molecular flexibility index (Phi) is 7.44. The fourth-order valence-electron chi connectivity index (χ4n) is 2.92. The zero-order valence-electron chi connectivity index (χ0n) is 15.2. The van der Waals surface area contributed by atoms with E-state index in [4.69, 9.17) is 17.3 Å². The Morgan fingerprint density at radius 3 is 2.39 bits per heavy atom. The predicted molar refractivity (Wildman–Crippen MR) is 111 cm³/mol. The molecule has 1 aromatic carbocycles. The van der Waals surface area contributed by atoms with Gasteiger partial charge >= 0.3 is 0 Å². The minimum Gasteiger partial charge on any atom is -0.367 e. The average Bonchev–Trinajstić information content (AvgIpc) is 2.59. The van der Waals surface area contributed by atoms with Gasteiger partial charge in [0.15, 0.2) is 0 Å². The van der Waals surface area contributed by atoms with E-state index in [-0.39, 0.29) is 40.5 Å². The first kappa shape index (κ1) is 22.6. The maximum atomic E-state index is 13.3. The van der Waals surface area contributed by atoms with E-state index in [1.807, 2.05) is 0 Å². The van der Waals surface area contributed by atoms with Crippen molar-refractivity contribution in [2.45, 2.75) is 42.9 Å². The van der Waals surface area contributed by atoms with E-state index in [0.717, 1.165) is 31.9 Å². The molecule has 1 saturated carbocycles. The van der Waals surface area contributed by atoms with Crippen LogP contribution in [0.4, 0.5) is 21.7 Å². The predicted octanol–water partition coefficient (Wildman–Crippen LogP) is 3.52. The lowest BCUT2D eigenvalue weighted by molar-refractivity contribution is 0.410. The van der Waals surface area contributed by atoms with Crippen molar-refractivity contribution in [3.63, 3.8) is 0 Å². The molecule has 0 saturated heterocycles. The summed E-state index contributed by atoms with van der Waals surface area (Å²) in [5, 5.41) is 5.86. The van der Waals surface area contributed by atoms with Gasteiger partial charge in [-0.05, 0) is 43.9 Å². The molecule has 11 heteroatoms. The van der Waals surface area contributed by atoms with Crippen molar-refractivity contribution < 1.29 is 12.8 Å². The third-order valence-corrected chi connectivity index (χ3v) is 5.49. The van der Waals surface area contributed by atoms with Gasteiger partial charge in [0, 0.05) is 30.1 Å². The van der Waals surface area contributed by atoms with E-state index >= 15 is 0 Å². The molecule has 1 heterocycles. The van der Waals surface area contributed by atoms with Gasteiger partial charge in [-0.2, -0.15) is 0 Å². The first-order valence-electron chi connectivity index (χ1n) is 8.54. The molecule has 28 heavy (non-hydrogen) atoms. The molecule has 0 amide bonds. The molecule has 1 aromatic heterocycles. The molecule has 0 radical (unpaired) electrons. The summed E-state index contributed by atoms with van der Waals surface area (Å²) >= 11 is 5.79. The number of aromatic nitrogens is 2. The largest absolute Gasteiger partial charge is 0.367 e. The van der Waals surface area contributed by atoms with Crippen LogP contribution in [0, 0.1) is 5.82 Å². The molecule has 2 aromatic rings. The van der Waals surface area contributed by atoms with Gasteiger partial charge in [0.25, 0.3) is 5.16 Å². The number of hydrogen-bond donors (Lipinski definition) is 3. The van der Waals surface area contributed by atoms with Crippen molar-refractivity contribution in [1.29, 1.82) is 0 Å². The van der Waals surface area contributed by atoms with Crippen LogP contribution in [0.15, 0.2) is 29.4 Å². The Bertz CT molecular complexity index is 937. The van der Waals surface area contributed by atoms with Crippen LogP contribution in [0.1, 0.15) is 25.7 Å². The maximum absolute atomic E-state index is 13.3. The summed E-state index contributed by atoms with van der Waals surface area (Å²) in [6.07, 6.45) is 4.62. The summed E-state index contributed by atoms with van der Waals surface area (Å²) in [7, 11) is -3.61. The monoisotopic (exact) mass is 449 g/mol. The Balaban J connectivity index is 0.00000280. The zero-order valence-corrected chi connectivity index (χ0v) is 17.5. The van der Waals surface area contributed by atoms with Crippen LogP contribution in [-0.2, 0) is 9.84 Å². The molecule has 154 valence electrons. The normalized spacial score (nSPS) is 19.6. The van der Waals surface area contributed by atoms with Gasteiger partial charge in [0.2, 0.25) is 9.84 Å². The molecule has 7 nitrogen and oxygen atoms in total. The first-order valence-corrected chi connectivity index (χ1v) is 10.8. The van der Waals surface area contributed by atoms with Crippen LogP contribution in [0.25, 0.3) is 0 Å². The number of rotatable bonds is 5. The number of sulfone groups is 1. The molecule has 4 N–H and O–H groups in total. The van der Waals surface area contributed by atoms with Gasteiger partial charge in [-0.15, -0.1) is 12.4 Å². The van der Waals surface area contributed by atoms with E-state index in [1.165, 1.54) is 18.2 Å². The van der Waals surface area contributed by atoms with Crippen molar-refractivity contribution in [2.75, 3.05) is 16.9 Å². The van der Waals surface area contributed by atoms with Gasteiger partial charge < -0.3 is 16.4 Å². The third kappa shape index (κ3) is 5.91. The van der Waals surface area contributed by atoms with Gasteiger partial charge in [0.1, 0.15) is 17.5 Å². The minimum absolute atomic E-state index is 0. The van der Waals surface area contributed by atoms with E-state index in [9.17, 15) is 12.8 Å². The van der Waals surface area contributed by atoms with Crippen molar-refractivity contribution in [3.8, 4) is 0 Å². The molecule has 0 unspecified atom stereocenters. The number of anilines is 3. The summed E-state index contributed by atoms with van der Waals surface area (Å²) in [5.41, 5.74) is 6.40. The fourth-order valence-corrected chi connectivity index (χ4v) is 3.63. The molecule has 0 atom stereocenters. The van der Waals surface area contributed by atoms with Gasteiger partial charge in [0.05, 0.1) is 5.02 Å². The topological polar surface area (TPSA) is 110 Å². The van der Waals surface area contributed by atoms with Gasteiger partial charge in [-0.1, -0.05) is 11.6 Å². The van der Waals surface area contributed by atoms with E-state index < -0.39 is 15.7 Å². The van der Waals surface area contributed by atoms with Crippen LogP contribution in [0.3, 0.4) is 0 Å². The van der Waals surface area contributed by atoms with E-state index in [2.05, 4.69) is 20.6 Å². The SMILES string of the molecule is CS(=O)(=O)c1nc(Nc2ccc(F)c(Cl)c2)cc(NC2CCC(N)CC2)n1.Cl. The second-order valence-corrected chi connectivity index (χ2v) is 9.02. The second kappa shape index (κ2) is 9.21. The van der Waals surface area contributed by atoms with Crippen LogP contribution in [0.5, 0.6) is 0 Å². The Morgan fingerprint density at radius 2 is 1.79 bits per heavy atom.